The van der Waals surface area contributed by atoms with Crippen LogP contribution in [-0.4, -0.2) is 45.5 Å². The van der Waals surface area contributed by atoms with Gasteiger partial charge in [-0.05, 0) is 43.5 Å². The highest BCUT2D eigenvalue weighted by atomic mass is 32.2. The fourth-order valence-electron chi connectivity index (χ4n) is 2.22. The standard InChI is InChI=1S/C14H19NO5S/c1-11-9-12(21(17,18)15-7-3-4-8-15)5-6-13(11)20-10-14(16)19-2/h5-6,9H,3-4,7-8,10H2,1-2H3. The van der Waals surface area contributed by atoms with E-state index in [9.17, 15) is 13.2 Å². The maximum absolute atomic E-state index is 12.4. The molecule has 0 bridgehead atoms. The topological polar surface area (TPSA) is 72.9 Å². The van der Waals surface area contributed by atoms with Gasteiger partial charge in [0.15, 0.2) is 6.61 Å². The largest absolute Gasteiger partial charge is 0.482 e. The monoisotopic (exact) mass is 313 g/mol. The lowest BCUT2D eigenvalue weighted by Gasteiger charge is -2.16. The Balaban J connectivity index is 2.16. The highest BCUT2D eigenvalue weighted by molar-refractivity contribution is 7.89. The maximum atomic E-state index is 12.4. The summed E-state index contributed by atoms with van der Waals surface area (Å²) in [5, 5.41) is 0. The molecule has 1 aromatic rings. The van der Waals surface area contributed by atoms with Gasteiger partial charge in [-0.2, -0.15) is 4.31 Å². The minimum Gasteiger partial charge on any atom is -0.482 e. The van der Waals surface area contributed by atoms with E-state index in [1.165, 1.54) is 17.5 Å². The Morgan fingerprint density at radius 1 is 1.29 bits per heavy atom. The second-order valence-electron chi connectivity index (χ2n) is 4.90. The first-order valence-electron chi connectivity index (χ1n) is 6.75. The number of esters is 1. The number of hydrogen-bond acceptors (Lipinski definition) is 5. The molecule has 1 aromatic carbocycles. The third-order valence-electron chi connectivity index (χ3n) is 3.42. The van der Waals surface area contributed by atoms with Crippen LogP contribution < -0.4 is 4.74 Å². The van der Waals surface area contributed by atoms with Crippen LogP contribution in [0, 0.1) is 6.92 Å². The number of methoxy groups -OCH3 is 1. The fourth-order valence-corrected chi connectivity index (χ4v) is 3.82. The number of nitrogens with zero attached hydrogens (tertiary/aromatic N) is 1. The molecule has 0 amide bonds. The summed E-state index contributed by atoms with van der Waals surface area (Å²) in [6, 6.07) is 4.65. The van der Waals surface area contributed by atoms with Crippen molar-refractivity contribution in [2.24, 2.45) is 0 Å². The quantitative estimate of drug-likeness (QED) is 0.767. The van der Waals surface area contributed by atoms with E-state index in [1.807, 2.05) is 0 Å². The summed E-state index contributed by atoms with van der Waals surface area (Å²) in [7, 11) is -2.15. The van der Waals surface area contributed by atoms with E-state index in [2.05, 4.69) is 4.74 Å². The summed E-state index contributed by atoms with van der Waals surface area (Å²) in [4.78, 5) is 11.3. The molecule has 1 fully saturated rings. The highest BCUT2D eigenvalue weighted by Gasteiger charge is 2.27. The molecule has 0 spiro atoms. The molecule has 0 atom stereocenters. The molecule has 0 radical (unpaired) electrons. The molecule has 0 saturated carbocycles. The van der Waals surface area contributed by atoms with Gasteiger partial charge in [0.1, 0.15) is 5.75 Å². The zero-order valence-corrected chi connectivity index (χ0v) is 13.0. The van der Waals surface area contributed by atoms with Gasteiger partial charge in [0.2, 0.25) is 10.0 Å². The number of hydrogen-bond donors (Lipinski definition) is 0. The van der Waals surface area contributed by atoms with Crippen molar-refractivity contribution in [3.05, 3.63) is 23.8 Å². The molecule has 21 heavy (non-hydrogen) atoms. The van der Waals surface area contributed by atoms with Gasteiger partial charge < -0.3 is 9.47 Å². The van der Waals surface area contributed by atoms with Crippen molar-refractivity contribution < 1.29 is 22.7 Å². The molecule has 116 valence electrons. The lowest BCUT2D eigenvalue weighted by molar-refractivity contribution is -0.142. The Bertz CT molecular complexity index is 620. The van der Waals surface area contributed by atoms with Gasteiger partial charge in [-0.25, -0.2) is 13.2 Å². The molecule has 0 aromatic heterocycles. The molecule has 0 unspecified atom stereocenters. The van der Waals surface area contributed by atoms with Gasteiger partial charge in [0.25, 0.3) is 0 Å². The Morgan fingerprint density at radius 2 is 1.95 bits per heavy atom. The molecular formula is C14H19NO5S. The molecule has 1 aliphatic heterocycles. The summed E-state index contributed by atoms with van der Waals surface area (Å²) in [5.41, 5.74) is 0.666. The summed E-state index contributed by atoms with van der Waals surface area (Å²) in [5.74, 6) is -0.0102. The SMILES string of the molecule is COC(=O)COc1ccc(S(=O)(=O)N2CCCC2)cc1C. The Kier molecular flexibility index (Phi) is 4.84. The van der Waals surface area contributed by atoms with Gasteiger partial charge in [0, 0.05) is 13.1 Å². The molecule has 1 heterocycles. The predicted molar refractivity (Wildman–Crippen MR) is 76.7 cm³/mol. The molecule has 0 aliphatic carbocycles. The molecule has 6 nitrogen and oxygen atoms in total. The molecular weight excluding hydrogens is 294 g/mol. The lowest BCUT2D eigenvalue weighted by Crippen LogP contribution is -2.27. The smallest absolute Gasteiger partial charge is 0.343 e. The van der Waals surface area contributed by atoms with E-state index in [0.29, 0.717) is 24.4 Å². The van der Waals surface area contributed by atoms with Crippen molar-refractivity contribution in [2.45, 2.75) is 24.7 Å². The molecule has 2 rings (SSSR count). The molecule has 1 aliphatic rings. The third kappa shape index (κ3) is 3.54. The van der Waals surface area contributed by atoms with Crippen LogP contribution in [0.15, 0.2) is 23.1 Å². The van der Waals surface area contributed by atoms with Gasteiger partial charge in [-0.1, -0.05) is 0 Å². The van der Waals surface area contributed by atoms with Gasteiger partial charge >= 0.3 is 5.97 Å². The number of ether oxygens (including phenoxy) is 2. The van der Waals surface area contributed by atoms with Crippen LogP contribution in [0.25, 0.3) is 0 Å². The van der Waals surface area contributed by atoms with Crippen LogP contribution in [0.3, 0.4) is 0 Å². The van der Waals surface area contributed by atoms with Crippen molar-refractivity contribution in [3.8, 4) is 5.75 Å². The van der Waals surface area contributed by atoms with Gasteiger partial charge in [-0.3, -0.25) is 0 Å². The van der Waals surface area contributed by atoms with Crippen molar-refractivity contribution in [1.82, 2.24) is 4.31 Å². The second kappa shape index (κ2) is 6.44. The summed E-state index contributed by atoms with van der Waals surface area (Å²) in [6.07, 6.45) is 1.80. The van der Waals surface area contributed by atoms with Crippen molar-refractivity contribution in [1.29, 1.82) is 0 Å². The van der Waals surface area contributed by atoms with Crippen molar-refractivity contribution >= 4 is 16.0 Å². The first-order valence-corrected chi connectivity index (χ1v) is 8.19. The molecule has 0 N–H and O–H groups in total. The number of benzene rings is 1. The average molecular weight is 313 g/mol. The van der Waals surface area contributed by atoms with Crippen LogP contribution in [0.1, 0.15) is 18.4 Å². The first-order chi connectivity index (χ1) is 9.95. The summed E-state index contributed by atoms with van der Waals surface area (Å²) in [6.45, 7) is 2.69. The van der Waals surface area contributed by atoms with E-state index in [1.54, 1.807) is 19.1 Å². The van der Waals surface area contributed by atoms with E-state index >= 15 is 0 Å². The van der Waals surface area contributed by atoms with Crippen LogP contribution >= 0.6 is 0 Å². The fraction of sp³-hybridized carbons (Fsp3) is 0.500. The third-order valence-corrected chi connectivity index (χ3v) is 5.32. The zero-order chi connectivity index (χ0) is 15.5. The number of carbonyl (C=O) groups excluding carboxylic acids is 1. The number of rotatable bonds is 5. The van der Waals surface area contributed by atoms with Gasteiger partial charge in [0.05, 0.1) is 12.0 Å². The zero-order valence-electron chi connectivity index (χ0n) is 12.2. The molecule has 7 heteroatoms. The lowest BCUT2D eigenvalue weighted by atomic mass is 10.2. The minimum absolute atomic E-state index is 0.199. The Morgan fingerprint density at radius 3 is 2.52 bits per heavy atom. The van der Waals surface area contributed by atoms with Gasteiger partial charge in [-0.15, -0.1) is 0 Å². The van der Waals surface area contributed by atoms with E-state index in [4.69, 9.17) is 4.74 Å². The predicted octanol–water partition coefficient (Wildman–Crippen LogP) is 1.33. The Hall–Kier alpha value is -1.60. The number of sulfonamides is 1. The van der Waals surface area contributed by atoms with E-state index < -0.39 is 16.0 Å². The van der Waals surface area contributed by atoms with E-state index in [0.717, 1.165) is 12.8 Å². The normalized spacial score (nSPS) is 15.9. The highest BCUT2D eigenvalue weighted by Crippen LogP contribution is 2.26. The van der Waals surface area contributed by atoms with Crippen LogP contribution in [-0.2, 0) is 19.6 Å². The van der Waals surface area contributed by atoms with Crippen molar-refractivity contribution in [3.63, 3.8) is 0 Å². The number of carbonyl (C=O) groups is 1. The summed E-state index contributed by atoms with van der Waals surface area (Å²) >= 11 is 0. The average Bonchev–Trinajstić information content (AvgIpc) is 3.00. The number of aryl methyl sites for hydroxylation is 1. The van der Waals surface area contributed by atoms with Crippen LogP contribution in [0.4, 0.5) is 0 Å². The summed E-state index contributed by atoms with van der Waals surface area (Å²) < 4.78 is 36.1. The van der Waals surface area contributed by atoms with E-state index in [-0.39, 0.29) is 11.5 Å². The molecule has 1 saturated heterocycles. The van der Waals surface area contributed by atoms with Crippen LogP contribution in [0.5, 0.6) is 5.75 Å². The maximum Gasteiger partial charge on any atom is 0.343 e. The second-order valence-corrected chi connectivity index (χ2v) is 6.84. The van der Waals surface area contributed by atoms with Crippen LogP contribution in [0.2, 0.25) is 0 Å². The Labute approximate surface area is 124 Å². The van der Waals surface area contributed by atoms with Crippen molar-refractivity contribution in [2.75, 3.05) is 26.8 Å². The first kappa shape index (κ1) is 15.8. The minimum atomic E-state index is -3.43.